The van der Waals surface area contributed by atoms with E-state index in [0.29, 0.717) is 23.4 Å². The number of methoxy groups -OCH3 is 1. The SMILES string of the molecule is COc1cccc(CC2=C(C#N)C(c3ccc(F)cc3Cl)C(C)(C(=O)O)C(C)N2)c1. The largest absolute Gasteiger partial charge is 0.497 e. The van der Waals surface area contributed by atoms with Crippen LogP contribution in [0.4, 0.5) is 4.39 Å². The number of nitriles is 1. The molecule has 3 atom stereocenters. The Bertz CT molecular complexity index is 1060. The molecule has 0 radical (unpaired) electrons. The Balaban J connectivity index is 2.20. The smallest absolute Gasteiger partial charge is 0.312 e. The van der Waals surface area contributed by atoms with Gasteiger partial charge in [0.05, 0.1) is 24.2 Å². The molecular weight excluding hydrogens is 407 g/mol. The van der Waals surface area contributed by atoms with Gasteiger partial charge in [0.25, 0.3) is 0 Å². The van der Waals surface area contributed by atoms with E-state index in [-0.39, 0.29) is 10.6 Å². The maximum Gasteiger partial charge on any atom is 0.312 e. The van der Waals surface area contributed by atoms with Crippen molar-refractivity contribution >= 4 is 17.6 Å². The molecular formula is C23H22ClFN2O3. The lowest BCUT2D eigenvalue weighted by Crippen LogP contribution is -2.54. The standard InChI is InChI=1S/C23H22ClFN2O3/c1-13-23(2,22(28)29)21(17-8-7-15(25)11-19(17)24)18(12-26)20(27-13)10-14-5-4-6-16(9-14)30-3/h4-9,11,13,21,27H,10H2,1-3H3,(H,28,29). The zero-order chi connectivity index (χ0) is 22.1. The molecule has 1 heterocycles. The molecule has 0 aliphatic carbocycles. The number of carboxylic acid groups (broad SMARTS) is 1. The van der Waals surface area contributed by atoms with E-state index in [2.05, 4.69) is 11.4 Å². The van der Waals surface area contributed by atoms with Gasteiger partial charge in [0, 0.05) is 29.1 Å². The van der Waals surface area contributed by atoms with Crippen LogP contribution in [0.15, 0.2) is 53.7 Å². The highest BCUT2D eigenvalue weighted by molar-refractivity contribution is 6.31. The third-order valence-corrected chi connectivity index (χ3v) is 6.20. The zero-order valence-electron chi connectivity index (χ0n) is 16.9. The Morgan fingerprint density at radius 3 is 2.70 bits per heavy atom. The number of ether oxygens (including phenoxy) is 1. The number of nitrogens with one attached hydrogen (secondary N) is 1. The highest BCUT2D eigenvalue weighted by Gasteiger charge is 2.52. The molecule has 30 heavy (non-hydrogen) atoms. The Morgan fingerprint density at radius 1 is 1.37 bits per heavy atom. The first-order valence-electron chi connectivity index (χ1n) is 9.43. The minimum atomic E-state index is -1.37. The quantitative estimate of drug-likeness (QED) is 0.722. The fraction of sp³-hybridized carbons (Fsp3) is 0.304. The predicted molar refractivity (Wildman–Crippen MR) is 112 cm³/mol. The van der Waals surface area contributed by atoms with Crippen molar-refractivity contribution in [2.45, 2.75) is 32.2 Å². The number of carboxylic acids is 1. The van der Waals surface area contributed by atoms with Gasteiger partial charge in [0.2, 0.25) is 0 Å². The second-order valence-electron chi connectivity index (χ2n) is 7.59. The Hall–Kier alpha value is -3.04. The first-order valence-corrected chi connectivity index (χ1v) is 9.81. The maximum atomic E-state index is 13.7. The minimum absolute atomic E-state index is 0.0926. The van der Waals surface area contributed by atoms with E-state index >= 15 is 0 Å². The average Bonchev–Trinajstić information content (AvgIpc) is 2.71. The van der Waals surface area contributed by atoms with E-state index in [4.69, 9.17) is 16.3 Å². The van der Waals surface area contributed by atoms with Gasteiger partial charge in [0.15, 0.2) is 0 Å². The molecule has 0 fully saturated rings. The third-order valence-electron chi connectivity index (χ3n) is 5.87. The van der Waals surface area contributed by atoms with Crippen LogP contribution >= 0.6 is 11.6 Å². The second-order valence-corrected chi connectivity index (χ2v) is 7.99. The summed E-state index contributed by atoms with van der Waals surface area (Å²) in [5.74, 6) is -1.75. The molecule has 0 spiro atoms. The van der Waals surface area contributed by atoms with E-state index in [0.717, 1.165) is 11.6 Å². The van der Waals surface area contributed by atoms with Crippen LogP contribution in [0, 0.1) is 22.6 Å². The second kappa shape index (κ2) is 8.37. The molecule has 0 saturated carbocycles. The van der Waals surface area contributed by atoms with Gasteiger partial charge >= 0.3 is 5.97 Å². The Labute approximate surface area is 179 Å². The Kier molecular flexibility index (Phi) is 6.04. The van der Waals surface area contributed by atoms with Gasteiger partial charge in [-0.15, -0.1) is 0 Å². The van der Waals surface area contributed by atoms with E-state index in [1.165, 1.54) is 12.1 Å². The fourth-order valence-corrected chi connectivity index (χ4v) is 4.28. The molecule has 0 amide bonds. The lowest BCUT2D eigenvalue weighted by Gasteiger charge is -2.45. The van der Waals surface area contributed by atoms with E-state index in [1.54, 1.807) is 21.0 Å². The highest BCUT2D eigenvalue weighted by Crippen LogP contribution is 2.49. The van der Waals surface area contributed by atoms with Gasteiger partial charge < -0.3 is 15.2 Å². The van der Waals surface area contributed by atoms with Crippen LogP contribution in [-0.2, 0) is 11.2 Å². The molecule has 2 aromatic rings. The summed E-state index contributed by atoms with van der Waals surface area (Å²) in [6.45, 7) is 3.34. The van der Waals surface area contributed by atoms with Gasteiger partial charge in [-0.25, -0.2) is 4.39 Å². The molecule has 1 aliphatic rings. The Morgan fingerprint density at radius 2 is 2.10 bits per heavy atom. The first-order chi connectivity index (χ1) is 14.2. The number of allylic oxidation sites excluding steroid dienone is 2. The van der Waals surface area contributed by atoms with Crippen molar-refractivity contribution in [3.8, 4) is 11.8 Å². The molecule has 3 unspecified atom stereocenters. The van der Waals surface area contributed by atoms with E-state index < -0.39 is 29.2 Å². The average molecular weight is 429 g/mol. The summed E-state index contributed by atoms with van der Waals surface area (Å²) >= 11 is 6.31. The van der Waals surface area contributed by atoms with Crippen molar-refractivity contribution < 1.29 is 19.0 Å². The number of aliphatic carboxylic acids is 1. The number of carbonyl (C=O) groups is 1. The molecule has 5 nitrogen and oxygen atoms in total. The van der Waals surface area contributed by atoms with Crippen molar-refractivity contribution in [1.29, 1.82) is 5.26 Å². The maximum absolute atomic E-state index is 13.7. The van der Waals surface area contributed by atoms with Gasteiger partial charge in [0.1, 0.15) is 11.6 Å². The van der Waals surface area contributed by atoms with E-state index in [9.17, 15) is 19.6 Å². The summed E-state index contributed by atoms with van der Waals surface area (Å²) < 4.78 is 18.9. The highest BCUT2D eigenvalue weighted by atomic mass is 35.5. The van der Waals surface area contributed by atoms with Crippen LogP contribution in [0.25, 0.3) is 0 Å². The van der Waals surface area contributed by atoms with Gasteiger partial charge in [-0.1, -0.05) is 29.8 Å². The number of rotatable bonds is 5. The normalized spacial score (nSPS) is 23.5. The molecule has 2 aromatic carbocycles. The van der Waals surface area contributed by atoms with Crippen molar-refractivity contribution in [3.05, 3.63) is 75.7 Å². The topological polar surface area (TPSA) is 82.3 Å². The number of hydrogen-bond donors (Lipinski definition) is 2. The first kappa shape index (κ1) is 21.7. The summed E-state index contributed by atoms with van der Waals surface area (Å²) in [6.07, 6.45) is 0.384. The number of nitrogens with zero attached hydrogens (tertiary/aromatic N) is 1. The molecule has 0 saturated heterocycles. The van der Waals surface area contributed by atoms with Crippen LogP contribution < -0.4 is 10.1 Å². The van der Waals surface area contributed by atoms with Crippen molar-refractivity contribution in [2.75, 3.05) is 7.11 Å². The minimum Gasteiger partial charge on any atom is -0.497 e. The number of hydrogen-bond acceptors (Lipinski definition) is 4. The summed E-state index contributed by atoms with van der Waals surface area (Å²) in [5.41, 5.74) is 0.831. The third kappa shape index (κ3) is 3.73. The van der Waals surface area contributed by atoms with Crippen molar-refractivity contribution in [3.63, 3.8) is 0 Å². The van der Waals surface area contributed by atoms with Gasteiger partial charge in [-0.3, -0.25) is 4.79 Å². The van der Waals surface area contributed by atoms with Gasteiger partial charge in [-0.05, 0) is 49.2 Å². The van der Waals surface area contributed by atoms with E-state index in [1.807, 2.05) is 24.3 Å². The lowest BCUT2D eigenvalue weighted by atomic mass is 9.63. The van der Waals surface area contributed by atoms with Crippen LogP contribution in [0.2, 0.25) is 5.02 Å². The molecule has 0 aromatic heterocycles. The summed E-state index contributed by atoms with van der Waals surface area (Å²) in [5, 5.41) is 23.4. The summed E-state index contributed by atoms with van der Waals surface area (Å²) in [4.78, 5) is 12.4. The van der Waals surface area contributed by atoms with Crippen LogP contribution in [0.3, 0.4) is 0 Å². The number of halogens is 2. The predicted octanol–water partition coefficient (Wildman–Crippen LogP) is 4.67. The molecule has 2 N–H and O–H groups in total. The van der Waals surface area contributed by atoms with Crippen LogP contribution in [-0.4, -0.2) is 24.2 Å². The fourth-order valence-electron chi connectivity index (χ4n) is 4.00. The van der Waals surface area contributed by atoms with Gasteiger partial charge in [-0.2, -0.15) is 5.26 Å². The number of benzene rings is 2. The lowest BCUT2D eigenvalue weighted by molar-refractivity contribution is -0.150. The summed E-state index contributed by atoms with van der Waals surface area (Å²) in [6, 6.07) is 12.9. The monoisotopic (exact) mass is 428 g/mol. The van der Waals surface area contributed by atoms with Crippen LogP contribution in [0.1, 0.15) is 30.9 Å². The molecule has 0 bridgehead atoms. The molecule has 7 heteroatoms. The van der Waals surface area contributed by atoms with Crippen molar-refractivity contribution in [2.24, 2.45) is 5.41 Å². The van der Waals surface area contributed by atoms with Crippen molar-refractivity contribution in [1.82, 2.24) is 5.32 Å². The molecule has 156 valence electrons. The molecule has 3 rings (SSSR count). The zero-order valence-corrected chi connectivity index (χ0v) is 17.6. The van der Waals surface area contributed by atoms with Crippen LogP contribution in [0.5, 0.6) is 5.75 Å². The summed E-state index contributed by atoms with van der Waals surface area (Å²) in [7, 11) is 1.57. The molecule has 1 aliphatic heterocycles.